The first kappa shape index (κ1) is 30.0. The van der Waals surface area contributed by atoms with Crippen molar-refractivity contribution in [2.24, 2.45) is 0 Å². The summed E-state index contributed by atoms with van der Waals surface area (Å²) < 4.78 is 6.06. The maximum absolute atomic E-state index is 6.24. The predicted molar refractivity (Wildman–Crippen MR) is 139 cm³/mol. The summed E-state index contributed by atoms with van der Waals surface area (Å²) in [6.45, 7) is 10.5. The maximum Gasteiger partial charge on any atom is 0.124 e. The Morgan fingerprint density at radius 1 is 0.806 bits per heavy atom. The van der Waals surface area contributed by atoms with Gasteiger partial charge in [0.1, 0.15) is 12.4 Å². The maximum atomic E-state index is 6.24. The van der Waals surface area contributed by atoms with Crippen molar-refractivity contribution in [2.75, 3.05) is 26.2 Å². The minimum atomic E-state index is 0. The van der Waals surface area contributed by atoms with Crippen molar-refractivity contribution in [2.45, 2.75) is 59.1 Å². The molecule has 0 aliphatic heterocycles. The highest BCUT2D eigenvalue weighted by molar-refractivity contribution is 6.31. The largest absolute Gasteiger partial charge is 0.489 e. The van der Waals surface area contributed by atoms with Crippen LogP contribution in [0.3, 0.4) is 0 Å². The molecule has 2 aromatic rings. The fourth-order valence-electron chi connectivity index (χ4n) is 3.31. The van der Waals surface area contributed by atoms with Gasteiger partial charge in [-0.05, 0) is 57.6 Å². The molecule has 0 bridgehead atoms. The third-order valence-electron chi connectivity index (χ3n) is 5.11. The van der Waals surface area contributed by atoms with E-state index in [1.54, 1.807) is 0 Å². The van der Waals surface area contributed by atoms with E-state index in [4.69, 9.17) is 16.3 Å². The molecular formula is C25H39Cl3N2O. The van der Waals surface area contributed by atoms with Gasteiger partial charge >= 0.3 is 0 Å². The van der Waals surface area contributed by atoms with Gasteiger partial charge in [0.15, 0.2) is 0 Å². The average molecular weight is 490 g/mol. The monoisotopic (exact) mass is 488 g/mol. The Labute approximate surface area is 206 Å². The molecule has 0 atom stereocenters. The molecule has 0 fully saturated rings. The van der Waals surface area contributed by atoms with Crippen LogP contribution in [0.1, 0.15) is 57.1 Å². The van der Waals surface area contributed by atoms with E-state index in [1.807, 2.05) is 36.4 Å². The van der Waals surface area contributed by atoms with Gasteiger partial charge in [-0.25, -0.2) is 0 Å². The van der Waals surface area contributed by atoms with Crippen LogP contribution in [0.5, 0.6) is 5.75 Å². The molecule has 0 radical (unpaired) electrons. The molecule has 0 heterocycles. The van der Waals surface area contributed by atoms with Crippen molar-refractivity contribution in [3.63, 3.8) is 0 Å². The molecule has 2 aromatic carbocycles. The highest BCUT2D eigenvalue weighted by atomic mass is 35.5. The number of hydrogen-bond acceptors (Lipinski definition) is 3. The van der Waals surface area contributed by atoms with E-state index in [0.29, 0.717) is 6.61 Å². The topological polar surface area (TPSA) is 24.5 Å². The van der Waals surface area contributed by atoms with Crippen LogP contribution in [0.15, 0.2) is 48.5 Å². The minimum Gasteiger partial charge on any atom is -0.489 e. The van der Waals surface area contributed by atoms with Crippen LogP contribution in [0, 0.1) is 0 Å². The number of nitrogens with zero attached hydrogens (tertiary/aromatic N) is 1. The lowest BCUT2D eigenvalue weighted by Gasteiger charge is -2.22. The molecule has 0 unspecified atom stereocenters. The first-order valence-corrected chi connectivity index (χ1v) is 11.5. The Hall–Kier alpha value is -0.970. The third kappa shape index (κ3) is 12.0. The van der Waals surface area contributed by atoms with E-state index in [9.17, 15) is 0 Å². The number of nitrogens with one attached hydrogen (secondary N) is 1. The van der Waals surface area contributed by atoms with Gasteiger partial charge in [0.25, 0.3) is 0 Å². The second-order valence-corrected chi connectivity index (χ2v) is 7.97. The molecule has 0 amide bonds. The molecule has 1 N–H and O–H groups in total. The zero-order chi connectivity index (χ0) is 20.7. The molecule has 0 saturated heterocycles. The van der Waals surface area contributed by atoms with E-state index < -0.39 is 0 Å². The van der Waals surface area contributed by atoms with Crippen LogP contribution < -0.4 is 10.1 Å². The second-order valence-electron chi connectivity index (χ2n) is 7.57. The Kier molecular flexibility index (Phi) is 18.0. The summed E-state index contributed by atoms with van der Waals surface area (Å²) in [6, 6.07) is 16.1. The molecule has 31 heavy (non-hydrogen) atoms. The summed E-state index contributed by atoms with van der Waals surface area (Å²) in [4.78, 5) is 2.62. The van der Waals surface area contributed by atoms with Crippen LogP contribution in [0.4, 0.5) is 0 Å². The standard InChI is InChI=1S/C25H37ClN2O.2ClH/c1-3-5-17-28(18-6-4-2)19-11-16-27-20-22-12-8-10-15-25(22)29-21-23-13-7-9-14-24(23)26;;/h7-10,12-15,27H,3-6,11,16-21H2,1-2H3;2*1H. The highest BCUT2D eigenvalue weighted by Crippen LogP contribution is 2.21. The van der Waals surface area contributed by atoms with E-state index in [0.717, 1.165) is 29.4 Å². The van der Waals surface area contributed by atoms with Gasteiger partial charge in [-0.1, -0.05) is 74.7 Å². The van der Waals surface area contributed by atoms with Crippen LogP contribution in [-0.2, 0) is 13.2 Å². The number of unbranched alkanes of at least 4 members (excludes halogenated alkanes) is 2. The van der Waals surface area contributed by atoms with Crippen molar-refractivity contribution >= 4 is 36.4 Å². The molecule has 0 aliphatic rings. The van der Waals surface area contributed by atoms with Gasteiger partial charge in [-0.2, -0.15) is 0 Å². The summed E-state index contributed by atoms with van der Waals surface area (Å²) in [5, 5.41) is 4.34. The van der Waals surface area contributed by atoms with Crippen LogP contribution in [-0.4, -0.2) is 31.1 Å². The van der Waals surface area contributed by atoms with Crippen molar-refractivity contribution in [1.29, 1.82) is 0 Å². The molecule has 6 heteroatoms. The summed E-state index contributed by atoms with van der Waals surface area (Å²) in [5.74, 6) is 0.924. The van der Waals surface area contributed by atoms with Crippen molar-refractivity contribution < 1.29 is 4.74 Å². The lowest BCUT2D eigenvalue weighted by molar-refractivity contribution is 0.260. The van der Waals surface area contributed by atoms with Gasteiger partial charge < -0.3 is 15.0 Å². The molecule has 0 aromatic heterocycles. The zero-order valence-corrected chi connectivity index (χ0v) is 21.3. The van der Waals surface area contributed by atoms with E-state index >= 15 is 0 Å². The smallest absolute Gasteiger partial charge is 0.124 e. The molecule has 0 saturated carbocycles. The van der Waals surface area contributed by atoms with Gasteiger partial charge in [0, 0.05) is 22.7 Å². The first-order chi connectivity index (χ1) is 14.2. The molecule has 176 valence electrons. The predicted octanol–water partition coefficient (Wildman–Crippen LogP) is 7.14. The Bertz CT molecular complexity index is 692. The van der Waals surface area contributed by atoms with Gasteiger partial charge in [-0.3, -0.25) is 0 Å². The molecule has 3 nitrogen and oxygen atoms in total. The van der Waals surface area contributed by atoms with Crippen LogP contribution in [0.2, 0.25) is 5.02 Å². The van der Waals surface area contributed by atoms with Gasteiger partial charge in [0.05, 0.1) is 0 Å². The second kappa shape index (κ2) is 18.6. The average Bonchev–Trinajstić information content (AvgIpc) is 2.75. The Morgan fingerprint density at radius 2 is 1.39 bits per heavy atom. The number of hydrogen-bond donors (Lipinski definition) is 1. The number of halogens is 3. The fourth-order valence-corrected chi connectivity index (χ4v) is 3.50. The summed E-state index contributed by atoms with van der Waals surface area (Å²) in [7, 11) is 0. The van der Waals surface area contributed by atoms with E-state index in [1.165, 1.54) is 57.3 Å². The Morgan fingerprint density at radius 3 is 2.03 bits per heavy atom. The van der Waals surface area contributed by atoms with E-state index in [2.05, 4.69) is 36.2 Å². The molecular weight excluding hydrogens is 451 g/mol. The number of rotatable bonds is 15. The Balaban J connectivity index is 0.00000450. The number of ether oxygens (including phenoxy) is 1. The summed E-state index contributed by atoms with van der Waals surface area (Å²) >= 11 is 6.24. The van der Waals surface area contributed by atoms with Gasteiger partial charge in [0.2, 0.25) is 0 Å². The fraction of sp³-hybridized carbons (Fsp3) is 0.520. The van der Waals surface area contributed by atoms with Crippen molar-refractivity contribution in [3.8, 4) is 5.75 Å². The summed E-state index contributed by atoms with van der Waals surface area (Å²) in [6.07, 6.45) is 6.31. The van der Waals surface area contributed by atoms with Gasteiger partial charge in [-0.15, -0.1) is 24.8 Å². The van der Waals surface area contributed by atoms with Crippen LogP contribution >= 0.6 is 36.4 Å². The van der Waals surface area contributed by atoms with Crippen molar-refractivity contribution in [3.05, 3.63) is 64.7 Å². The van der Waals surface area contributed by atoms with Crippen LogP contribution in [0.25, 0.3) is 0 Å². The minimum absolute atomic E-state index is 0. The lowest BCUT2D eigenvalue weighted by Crippen LogP contribution is -2.29. The van der Waals surface area contributed by atoms with E-state index in [-0.39, 0.29) is 24.8 Å². The molecule has 2 rings (SSSR count). The molecule has 0 aliphatic carbocycles. The molecule has 0 spiro atoms. The first-order valence-electron chi connectivity index (χ1n) is 11.1. The lowest BCUT2D eigenvalue weighted by atomic mass is 10.2. The highest BCUT2D eigenvalue weighted by Gasteiger charge is 2.06. The quantitative estimate of drug-likeness (QED) is 0.269. The summed E-state index contributed by atoms with van der Waals surface area (Å²) in [5.41, 5.74) is 2.20. The number of para-hydroxylation sites is 1. The normalized spacial score (nSPS) is 10.5. The SMILES string of the molecule is CCCCN(CCCC)CCCNCc1ccccc1OCc1ccccc1Cl.Cl.Cl. The number of benzene rings is 2. The third-order valence-corrected chi connectivity index (χ3v) is 5.48. The zero-order valence-electron chi connectivity index (χ0n) is 18.9. The van der Waals surface area contributed by atoms with Crippen molar-refractivity contribution in [1.82, 2.24) is 10.2 Å².